The summed E-state index contributed by atoms with van der Waals surface area (Å²) in [6, 6.07) is 24.0. The van der Waals surface area contributed by atoms with E-state index in [2.05, 4.69) is 20.0 Å². The summed E-state index contributed by atoms with van der Waals surface area (Å²) in [5, 5.41) is 12.4. The molecule has 0 saturated carbocycles. The molecule has 0 bridgehead atoms. The van der Waals surface area contributed by atoms with Crippen molar-refractivity contribution >= 4 is 26.3 Å². The highest BCUT2D eigenvalue weighted by Crippen LogP contribution is 2.51. The first kappa shape index (κ1) is 27.6. The van der Waals surface area contributed by atoms with Crippen molar-refractivity contribution in [2.45, 2.75) is 12.6 Å². The fourth-order valence-electron chi connectivity index (χ4n) is 3.25. The van der Waals surface area contributed by atoms with Crippen LogP contribution in [0.15, 0.2) is 90.5 Å². The first-order valence-corrected chi connectivity index (χ1v) is 16.3. The van der Waals surface area contributed by atoms with Crippen LogP contribution in [0.3, 0.4) is 0 Å². The lowest BCUT2D eigenvalue weighted by molar-refractivity contribution is -0.344. The maximum atomic E-state index is 12.4. The first-order valence-electron chi connectivity index (χ1n) is 11.6. The van der Waals surface area contributed by atoms with Gasteiger partial charge in [0.05, 0.1) is 12.1 Å². The van der Waals surface area contributed by atoms with E-state index in [1.165, 1.54) is 0 Å². The van der Waals surface area contributed by atoms with Crippen molar-refractivity contribution in [3.63, 3.8) is 0 Å². The van der Waals surface area contributed by atoms with E-state index >= 15 is 0 Å². The Balaban J connectivity index is 1.88. The van der Waals surface area contributed by atoms with Gasteiger partial charge in [0, 0.05) is 44.3 Å². The Bertz CT molecular complexity index is 1080. The van der Waals surface area contributed by atoms with Crippen molar-refractivity contribution in [1.29, 1.82) is 0 Å². The predicted molar refractivity (Wildman–Crippen MR) is 150 cm³/mol. The molecular formula is C27H33BNO5PS. The Morgan fingerprint density at radius 3 is 1.97 bits per heavy atom. The van der Waals surface area contributed by atoms with Crippen LogP contribution >= 0.6 is 19.0 Å². The molecule has 0 atom stereocenters. The van der Waals surface area contributed by atoms with Gasteiger partial charge in [-0.05, 0) is 60.9 Å². The molecule has 2 N–H and O–H groups in total. The number of hydrogen-bond donors (Lipinski definition) is 1. The van der Waals surface area contributed by atoms with Crippen LogP contribution in [-0.2, 0) is 6.16 Å². The van der Waals surface area contributed by atoms with Crippen LogP contribution in [0.1, 0.15) is 12.0 Å². The van der Waals surface area contributed by atoms with E-state index in [-0.39, 0.29) is 5.70 Å². The Morgan fingerprint density at radius 2 is 1.44 bits per heavy atom. The second kappa shape index (κ2) is 13.4. The van der Waals surface area contributed by atoms with E-state index in [4.69, 9.17) is 24.4 Å². The molecule has 36 heavy (non-hydrogen) atoms. The molecule has 0 aliphatic heterocycles. The van der Waals surface area contributed by atoms with Crippen molar-refractivity contribution in [2.75, 3.05) is 32.0 Å². The highest BCUT2D eigenvalue weighted by molar-refractivity contribution is 7.98. The molecule has 0 aliphatic carbocycles. The molecule has 9 heteroatoms. The standard InChI is InChI=1S/C27H33BNO5PS/c1-35(2,3)20-21-19-24(31-27(30)25(29)17-18-36-4)15-16-26(21)34-28(32-22-11-7-5-8-12-22)33-23-13-9-6-10-14-23/h5-16,19H,17-18,20,29H2,1-4H3/b27-25-. The summed E-state index contributed by atoms with van der Waals surface area (Å²) in [6.07, 6.45) is 3.23. The first-order chi connectivity index (χ1) is 17.2. The molecule has 190 valence electrons. The molecule has 0 spiro atoms. The molecular weight excluding hydrogens is 492 g/mol. The lowest BCUT2D eigenvalue weighted by Gasteiger charge is -2.23. The van der Waals surface area contributed by atoms with Crippen LogP contribution in [0.4, 0.5) is 0 Å². The van der Waals surface area contributed by atoms with Crippen LogP contribution in [-0.4, -0.2) is 39.3 Å². The van der Waals surface area contributed by atoms with Crippen molar-refractivity contribution in [1.82, 2.24) is 0 Å². The third-order valence-electron chi connectivity index (χ3n) is 4.90. The average molecular weight is 525 g/mol. The van der Waals surface area contributed by atoms with Crippen LogP contribution in [0.25, 0.3) is 0 Å². The maximum Gasteiger partial charge on any atom is 0.864 e. The van der Waals surface area contributed by atoms with Gasteiger partial charge in [0.1, 0.15) is 17.2 Å². The Kier molecular flexibility index (Phi) is 10.3. The quantitative estimate of drug-likeness (QED) is 0.186. The zero-order valence-corrected chi connectivity index (χ0v) is 22.9. The third-order valence-corrected chi connectivity index (χ3v) is 6.80. The number of nitrogens with two attached hydrogens (primary N) is 1. The molecule has 0 aromatic heterocycles. The molecule has 0 unspecified atom stereocenters. The summed E-state index contributed by atoms with van der Waals surface area (Å²) < 4.78 is 23.9. The summed E-state index contributed by atoms with van der Waals surface area (Å²) in [7, 11) is -2.30. The van der Waals surface area contributed by atoms with Crippen molar-refractivity contribution < 1.29 is 23.8 Å². The number of rotatable bonds is 13. The molecule has 0 heterocycles. The number of para-hydroxylation sites is 2. The normalized spacial score (nSPS) is 11.9. The summed E-state index contributed by atoms with van der Waals surface area (Å²) in [5.74, 6) is 2.49. The van der Waals surface area contributed by atoms with Crippen molar-refractivity contribution in [3.05, 3.63) is 96.1 Å². The fraction of sp³-hybridized carbons (Fsp3) is 0.259. The smallest absolute Gasteiger partial charge is 0.578 e. The molecule has 6 nitrogen and oxygen atoms in total. The second-order valence-electron chi connectivity index (χ2n) is 9.14. The fourth-order valence-corrected chi connectivity index (χ4v) is 4.94. The topological polar surface area (TPSA) is 86.0 Å². The molecule has 3 aromatic rings. The second-order valence-corrected chi connectivity index (χ2v) is 15.0. The van der Waals surface area contributed by atoms with Crippen molar-refractivity contribution in [3.8, 4) is 23.0 Å². The van der Waals surface area contributed by atoms with Gasteiger partial charge in [0.25, 0.3) is 0 Å². The molecule has 0 radical (unpaired) electrons. The van der Waals surface area contributed by atoms with E-state index in [0.29, 0.717) is 29.4 Å². The molecule has 3 aromatic carbocycles. The Hall–Kier alpha value is -2.96. The summed E-state index contributed by atoms with van der Waals surface area (Å²) in [6.45, 7) is 6.71. The monoisotopic (exact) mass is 525 g/mol. The molecule has 0 amide bonds. The van der Waals surface area contributed by atoms with Crippen LogP contribution < -0.4 is 29.5 Å². The lowest BCUT2D eigenvalue weighted by Crippen LogP contribution is -2.37. The van der Waals surface area contributed by atoms with Gasteiger partial charge in [-0.2, -0.15) is 11.8 Å². The Morgan fingerprint density at radius 1 is 0.861 bits per heavy atom. The minimum absolute atomic E-state index is 0.210. The van der Waals surface area contributed by atoms with Crippen molar-refractivity contribution in [2.24, 2.45) is 5.73 Å². The van der Waals surface area contributed by atoms with Crippen LogP contribution in [0.5, 0.6) is 23.0 Å². The van der Waals surface area contributed by atoms with Gasteiger partial charge in [-0.1, -0.05) is 36.4 Å². The Labute approximate surface area is 219 Å². The number of allylic oxidation sites excluding steroid dienone is 1. The van der Waals surface area contributed by atoms with Gasteiger partial charge < -0.3 is 29.5 Å². The van der Waals surface area contributed by atoms with E-state index in [9.17, 15) is 5.11 Å². The zero-order chi connectivity index (χ0) is 26.0. The largest absolute Gasteiger partial charge is 0.864 e. The van der Waals surface area contributed by atoms with Gasteiger partial charge in [0.2, 0.25) is 0 Å². The lowest BCUT2D eigenvalue weighted by atomic mass is 10.1. The van der Waals surface area contributed by atoms with Gasteiger partial charge in [-0.3, -0.25) is 0 Å². The van der Waals surface area contributed by atoms with Gasteiger partial charge in [0.15, 0.2) is 0 Å². The van der Waals surface area contributed by atoms with E-state index in [0.717, 1.165) is 17.5 Å². The van der Waals surface area contributed by atoms with E-state index in [1.807, 2.05) is 73.0 Å². The average Bonchev–Trinajstić information content (AvgIpc) is 2.84. The number of ether oxygens (including phenoxy) is 1. The van der Waals surface area contributed by atoms with E-state index < -0.39 is 20.5 Å². The van der Waals surface area contributed by atoms with E-state index in [1.54, 1.807) is 23.9 Å². The summed E-state index contributed by atoms with van der Waals surface area (Å²) in [4.78, 5) is 0. The number of thioether (sulfide) groups is 1. The number of hydrogen-bond acceptors (Lipinski definition) is 7. The summed E-state index contributed by atoms with van der Waals surface area (Å²) in [5.41, 5.74) is 7.02. The highest BCUT2D eigenvalue weighted by atomic mass is 32.2. The SMILES string of the molecule is CSCC/C(N)=C(\[O-])Oc1ccc(OB(Oc2ccccc2)Oc2ccccc2)c(C[P+](C)(C)C)c1. The minimum Gasteiger partial charge on any atom is -0.578 e. The highest BCUT2D eigenvalue weighted by Gasteiger charge is 2.32. The molecule has 3 rings (SSSR count). The van der Waals surface area contributed by atoms with Crippen LogP contribution in [0.2, 0.25) is 0 Å². The van der Waals surface area contributed by atoms with Gasteiger partial charge >= 0.3 is 7.32 Å². The zero-order valence-electron chi connectivity index (χ0n) is 21.2. The van der Waals surface area contributed by atoms with Gasteiger partial charge in [-0.25, -0.2) is 0 Å². The van der Waals surface area contributed by atoms with Gasteiger partial charge in [-0.15, -0.1) is 0 Å². The molecule has 0 saturated heterocycles. The maximum absolute atomic E-state index is 12.4. The number of benzene rings is 3. The molecule has 0 fully saturated rings. The third kappa shape index (κ3) is 9.25. The van der Waals surface area contributed by atoms with Crippen LogP contribution in [0, 0.1) is 0 Å². The summed E-state index contributed by atoms with van der Waals surface area (Å²) >= 11 is 1.63. The minimum atomic E-state index is -1.26. The molecule has 0 aliphatic rings. The predicted octanol–water partition coefficient (Wildman–Crippen LogP) is 5.24.